The molecule has 0 unspecified atom stereocenters. The average molecular weight is 365 g/mol. The fourth-order valence-corrected chi connectivity index (χ4v) is 3.49. The standard InChI is InChI=1S/C17H14Cl2N2OS/c18-14-8-7-12(11-15(14)19)16(22)21-9-4-10-23-17(21)20-13-5-2-1-3-6-13/h1-3,5-8,11H,4,9-10H2. The Bertz CT molecular complexity index is 750. The zero-order chi connectivity index (χ0) is 16.2. The number of halogens is 2. The van der Waals surface area contributed by atoms with Gasteiger partial charge in [0.25, 0.3) is 5.91 Å². The zero-order valence-corrected chi connectivity index (χ0v) is 14.5. The third-order valence-electron chi connectivity index (χ3n) is 3.38. The maximum atomic E-state index is 12.8. The third kappa shape index (κ3) is 3.89. The van der Waals surface area contributed by atoms with Crippen LogP contribution >= 0.6 is 35.0 Å². The predicted molar refractivity (Wildman–Crippen MR) is 98.1 cm³/mol. The van der Waals surface area contributed by atoms with Gasteiger partial charge in [-0.15, -0.1) is 0 Å². The molecule has 1 aliphatic heterocycles. The zero-order valence-electron chi connectivity index (χ0n) is 12.2. The van der Waals surface area contributed by atoms with Crippen molar-refractivity contribution < 1.29 is 4.79 Å². The molecular weight excluding hydrogens is 351 g/mol. The van der Waals surface area contributed by atoms with Crippen LogP contribution in [0.15, 0.2) is 53.5 Å². The van der Waals surface area contributed by atoms with Crippen molar-refractivity contribution in [2.45, 2.75) is 6.42 Å². The first-order valence-corrected chi connectivity index (χ1v) is 8.93. The molecular formula is C17H14Cl2N2OS. The van der Waals surface area contributed by atoms with Crippen LogP contribution in [0, 0.1) is 0 Å². The smallest absolute Gasteiger partial charge is 0.259 e. The summed E-state index contributed by atoms with van der Waals surface area (Å²) < 4.78 is 0. The summed E-state index contributed by atoms with van der Waals surface area (Å²) in [5, 5.41) is 1.54. The van der Waals surface area contributed by atoms with Crippen molar-refractivity contribution in [3.63, 3.8) is 0 Å². The summed E-state index contributed by atoms with van der Waals surface area (Å²) in [7, 11) is 0. The molecule has 0 bridgehead atoms. The van der Waals surface area contributed by atoms with Crippen molar-refractivity contribution in [2.75, 3.05) is 12.3 Å². The largest absolute Gasteiger partial charge is 0.287 e. The average Bonchev–Trinajstić information content (AvgIpc) is 2.58. The van der Waals surface area contributed by atoms with Gasteiger partial charge < -0.3 is 0 Å². The minimum atomic E-state index is -0.106. The van der Waals surface area contributed by atoms with Crippen LogP contribution in [0.2, 0.25) is 10.0 Å². The van der Waals surface area contributed by atoms with Crippen molar-refractivity contribution in [2.24, 2.45) is 4.99 Å². The topological polar surface area (TPSA) is 32.7 Å². The molecule has 0 N–H and O–H groups in total. The van der Waals surface area contributed by atoms with Crippen LogP contribution in [0.25, 0.3) is 0 Å². The number of nitrogens with zero attached hydrogens (tertiary/aromatic N) is 2. The van der Waals surface area contributed by atoms with Crippen LogP contribution in [0.4, 0.5) is 5.69 Å². The summed E-state index contributed by atoms with van der Waals surface area (Å²) in [5.74, 6) is 0.849. The molecule has 3 rings (SSSR count). The summed E-state index contributed by atoms with van der Waals surface area (Å²) >= 11 is 13.5. The monoisotopic (exact) mass is 364 g/mol. The number of amidine groups is 1. The van der Waals surface area contributed by atoms with E-state index in [1.165, 1.54) is 0 Å². The van der Waals surface area contributed by atoms with Crippen LogP contribution in [-0.2, 0) is 0 Å². The highest BCUT2D eigenvalue weighted by Crippen LogP contribution is 2.27. The molecule has 1 heterocycles. The number of hydrogen-bond donors (Lipinski definition) is 0. The van der Waals surface area contributed by atoms with Gasteiger partial charge in [-0.3, -0.25) is 9.69 Å². The number of para-hydroxylation sites is 1. The normalized spacial score (nSPS) is 16.6. The number of carbonyl (C=O) groups excluding carboxylic acids is 1. The Morgan fingerprint density at radius 2 is 1.87 bits per heavy atom. The molecule has 23 heavy (non-hydrogen) atoms. The molecule has 0 saturated carbocycles. The number of thioether (sulfide) groups is 1. The number of carbonyl (C=O) groups is 1. The molecule has 2 aromatic rings. The first-order valence-electron chi connectivity index (χ1n) is 7.18. The Labute approximate surface area is 149 Å². The van der Waals surface area contributed by atoms with E-state index in [0.717, 1.165) is 23.0 Å². The van der Waals surface area contributed by atoms with E-state index in [0.29, 0.717) is 22.2 Å². The second-order valence-electron chi connectivity index (χ2n) is 5.02. The van der Waals surface area contributed by atoms with Crippen molar-refractivity contribution in [1.29, 1.82) is 0 Å². The van der Waals surface area contributed by atoms with Gasteiger partial charge in [-0.05, 0) is 36.8 Å². The van der Waals surface area contributed by atoms with Gasteiger partial charge in [0.15, 0.2) is 5.17 Å². The molecule has 118 valence electrons. The Balaban J connectivity index is 1.90. The van der Waals surface area contributed by atoms with E-state index in [9.17, 15) is 4.79 Å². The van der Waals surface area contributed by atoms with E-state index in [1.807, 2.05) is 30.3 Å². The van der Waals surface area contributed by atoms with Gasteiger partial charge in [-0.25, -0.2) is 4.99 Å². The summed E-state index contributed by atoms with van der Waals surface area (Å²) in [6.07, 6.45) is 0.936. The lowest BCUT2D eigenvalue weighted by Crippen LogP contribution is -2.39. The van der Waals surface area contributed by atoms with Crippen LogP contribution in [0.3, 0.4) is 0 Å². The number of rotatable bonds is 2. The minimum Gasteiger partial charge on any atom is -0.287 e. The molecule has 1 aliphatic rings. The van der Waals surface area contributed by atoms with Gasteiger partial charge in [0, 0.05) is 17.9 Å². The number of amides is 1. The van der Waals surface area contributed by atoms with Gasteiger partial charge in [0.1, 0.15) is 0 Å². The fraction of sp³-hybridized carbons (Fsp3) is 0.176. The maximum Gasteiger partial charge on any atom is 0.259 e. The molecule has 0 spiro atoms. The first kappa shape index (κ1) is 16.4. The lowest BCUT2D eigenvalue weighted by Gasteiger charge is -2.28. The van der Waals surface area contributed by atoms with Crippen LogP contribution < -0.4 is 0 Å². The van der Waals surface area contributed by atoms with E-state index >= 15 is 0 Å². The molecule has 0 radical (unpaired) electrons. The van der Waals surface area contributed by atoms with E-state index in [4.69, 9.17) is 23.2 Å². The van der Waals surface area contributed by atoms with E-state index in [2.05, 4.69) is 4.99 Å². The highest BCUT2D eigenvalue weighted by Gasteiger charge is 2.25. The highest BCUT2D eigenvalue weighted by molar-refractivity contribution is 8.13. The Hall–Kier alpha value is -1.49. The van der Waals surface area contributed by atoms with Crippen LogP contribution in [0.5, 0.6) is 0 Å². The quantitative estimate of drug-likeness (QED) is 0.727. The van der Waals surface area contributed by atoms with Gasteiger partial charge in [0.2, 0.25) is 0 Å². The van der Waals surface area contributed by atoms with Gasteiger partial charge >= 0.3 is 0 Å². The third-order valence-corrected chi connectivity index (χ3v) is 5.18. The molecule has 1 amide bonds. The molecule has 2 aromatic carbocycles. The van der Waals surface area contributed by atoms with Crippen LogP contribution in [-0.4, -0.2) is 28.3 Å². The summed E-state index contributed by atoms with van der Waals surface area (Å²) in [5.41, 5.74) is 1.35. The second-order valence-corrected chi connectivity index (χ2v) is 6.89. The second kappa shape index (κ2) is 7.39. The molecule has 0 atom stereocenters. The number of aliphatic imine (C=N–C) groups is 1. The van der Waals surface area contributed by atoms with Gasteiger partial charge in [0.05, 0.1) is 15.7 Å². The molecule has 6 heteroatoms. The van der Waals surface area contributed by atoms with Crippen molar-refractivity contribution in [3.8, 4) is 0 Å². The van der Waals surface area contributed by atoms with E-state index in [-0.39, 0.29) is 5.91 Å². The van der Waals surface area contributed by atoms with E-state index < -0.39 is 0 Å². The van der Waals surface area contributed by atoms with Crippen molar-refractivity contribution in [1.82, 2.24) is 4.90 Å². The molecule has 0 aliphatic carbocycles. The minimum absolute atomic E-state index is 0.106. The number of hydrogen-bond acceptors (Lipinski definition) is 3. The van der Waals surface area contributed by atoms with Crippen molar-refractivity contribution >= 4 is 51.7 Å². The SMILES string of the molecule is O=C(c1ccc(Cl)c(Cl)c1)N1CCCSC1=Nc1ccccc1. The summed E-state index contributed by atoms with van der Waals surface area (Å²) in [6.45, 7) is 0.651. The lowest BCUT2D eigenvalue weighted by molar-refractivity contribution is 0.0849. The van der Waals surface area contributed by atoms with Gasteiger partial charge in [-0.2, -0.15) is 0 Å². The molecule has 1 fully saturated rings. The molecule has 1 saturated heterocycles. The Kier molecular flexibility index (Phi) is 5.26. The van der Waals surface area contributed by atoms with Crippen LogP contribution in [0.1, 0.15) is 16.8 Å². The highest BCUT2D eigenvalue weighted by atomic mass is 35.5. The van der Waals surface area contributed by atoms with Crippen molar-refractivity contribution in [3.05, 3.63) is 64.1 Å². The summed E-state index contributed by atoms with van der Waals surface area (Å²) in [4.78, 5) is 19.1. The predicted octanol–water partition coefficient (Wildman–Crippen LogP) is 5.26. The lowest BCUT2D eigenvalue weighted by atomic mass is 10.2. The van der Waals surface area contributed by atoms with Gasteiger partial charge in [-0.1, -0.05) is 53.2 Å². The molecule has 3 nitrogen and oxygen atoms in total. The molecule has 0 aromatic heterocycles. The van der Waals surface area contributed by atoms with E-state index in [1.54, 1.807) is 34.9 Å². The maximum absolute atomic E-state index is 12.8. The Morgan fingerprint density at radius 1 is 1.09 bits per heavy atom. The number of benzene rings is 2. The summed E-state index contributed by atoms with van der Waals surface area (Å²) in [6, 6.07) is 14.6. The Morgan fingerprint density at radius 3 is 2.61 bits per heavy atom. The first-order chi connectivity index (χ1) is 11.1. The fourth-order valence-electron chi connectivity index (χ4n) is 2.24.